The molecule has 0 aromatic heterocycles. The molecular formula is C27H30BrN3O4S. The van der Waals surface area contributed by atoms with Gasteiger partial charge in [0.15, 0.2) is 0 Å². The van der Waals surface area contributed by atoms with E-state index in [-0.39, 0.29) is 34.4 Å². The predicted octanol–water partition coefficient (Wildman–Crippen LogP) is 2.46. The third-order valence-corrected chi connectivity index (χ3v) is 10.9. The molecule has 9 heteroatoms. The first kappa shape index (κ1) is 25.3. The van der Waals surface area contributed by atoms with Crippen molar-refractivity contribution in [3.63, 3.8) is 0 Å². The van der Waals surface area contributed by atoms with E-state index >= 15 is 0 Å². The number of aliphatic hydroxyl groups excluding tert-OH is 1. The molecule has 7 nitrogen and oxygen atoms in total. The summed E-state index contributed by atoms with van der Waals surface area (Å²) in [5.41, 5.74) is 1.95. The summed E-state index contributed by atoms with van der Waals surface area (Å²) in [5.74, 6) is -1.79. The van der Waals surface area contributed by atoms with Crippen molar-refractivity contribution in [2.75, 3.05) is 6.61 Å². The Morgan fingerprint density at radius 3 is 2.17 bits per heavy atom. The van der Waals surface area contributed by atoms with E-state index in [0.717, 1.165) is 11.1 Å². The number of alkyl halides is 1. The predicted molar refractivity (Wildman–Crippen MR) is 142 cm³/mol. The maximum atomic E-state index is 13.9. The molecule has 3 N–H and O–H groups in total. The van der Waals surface area contributed by atoms with Gasteiger partial charge in [0.05, 0.1) is 29.2 Å². The molecular weight excluding hydrogens is 542 g/mol. The van der Waals surface area contributed by atoms with Crippen molar-refractivity contribution in [1.29, 1.82) is 0 Å². The van der Waals surface area contributed by atoms with Crippen molar-refractivity contribution in [2.24, 2.45) is 11.8 Å². The molecule has 3 unspecified atom stereocenters. The topological polar surface area (TPSA) is 98.7 Å². The smallest absolute Gasteiger partial charge is 0.244 e. The maximum absolute atomic E-state index is 13.9. The number of hydrogen-bond donors (Lipinski definition) is 3. The van der Waals surface area contributed by atoms with Crippen LogP contribution in [-0.4, -0.2) is 61.2 Å². The van der Waals surface area contributed by atoms with Crippen LogP contribution in [0.15, 0.2) is 60.7 Å². The van der Waals surface area contributed by atoms with Gasteiger partial charge in [0.2, 0.25) is 17.7 Å². The zero-order valence-electron chi connectivity index (χ0n) is 20.0. The SMILES string of the molecule is C[C@H](CO)N1C(=O)[C@@H]2[C@@H](C(=O)NCc3ccccc3)[C@@H]3SC2(CC3Br)C1C(=O)NCc1ccccc1. The van der Waals surface area contributed by atoms with E-state index < -0.39 is 28.7 Å². The number of hydrogen-bond acceptors (Lipinski definition) is 5. The Labute approximate surface area is 223 Å². The molecule has 0 radical (unpaired) electrons. The van der Waals surface area contributed by atoms with Gasteiger partial charge in [-0.25, -0.2) is 0 Å². The lowest BCUT2D eigenvalue weighted by molar-refractivity contribution is -0.142. The van der Waals surface area contributed by atoms with Crippen molar-refractivity contribution in [1.82, 2.24) is 15.5 Å². The van der Waals surface area contributed by atoms with Gasteiger partial charge in [0.1, 0.15) is 6.04 Å². The molecule has 2 aromatic rings. The number of thioether (sulfide) groups is 1. The van der Waals surface area contributed by atoms with Crippen LogP contribution in [0.4, 0.5) is 0 Å². The van der Waals surface area contributed by atoms with Gasteiger partial charge in [-0.15, -0.1) is 11.8 Å². The first-order chi connectivity index (χ1) is 17.4. The summed E-state index contributed by atoms with van der Waals surface area (Å²) in [6.07, 6.45) is 0.610. The molecule has 3 amide bonds. The van der Waals surface area contributed by atoms with Gasteiger partial charge < -0.3 is 20.6 Å². The highest BCUT2D eigenvalue weighted by molar-refractivity contribution is 9.09. The lowest BCUT2D eigenvalue weighted by Gasteiger charge is -2.36. The first-order valence-corrected chi connectivity index (χ1v) is 14.0. The number of amides is 3. The van der Waals surface area contributed by atoms with Crippen molar-refractivity contribution in [3.05, 3.63) is 71.8 Å². The van der Waals surface area contributed by atoms with E-state index in [1.807, 2.05) is 60.7 Å². The second-order valence-corrected chi connectivity index (χ2v) is 12.6. The van der Waals surface area contributed by atoms with E-state index in [2.05, 4.69) is 26.6 Å². The summed E-state index contributed by atoms with van der Waals surface area (Å²) in [5, 5.41) is 15.9. The average Bonchev–Trinajstić information content (AvgIpc) is 3.50. The highest BCUT2D eigenvalue weighted by Crippen LogP contribution is 2.67. The molecule has 36 heavy (non-hydrogen) atoms. The van der Waals surface area contributed by atoms with Crippen molar-refractivity contribution < 1.29 is 19.5 Å². The van der Waals surface area contributed by atoms with Crippen LogP contribution in [0, 0.1) is 11.8 Å². The minimum Gasteiger partial charge on any atom is -0.394 e. The molecule has 0 aliphatic carbocycles. The van der Waals surface area contributed by atoms with Crippen LogP contribution in [0.2, 0.25) is 0 Å². The number of aliphatic hydroxyl groups is 1. The fourth-order valence-electron chi connectivity index (χ4n) is 6.01. The molecule has 3 aliphatic rings. The van der Waals surface area contributed by atoms with Gasteiger partial charge in [-0.05, 0) is 24.5 Å². The molecule has 0 saturated carbocycles. The first-order valence-electron chi connectivity index (χ1n) is 12.3. The zero-order valence-corrected chi connectivity index (χ0v) is 22.4. The van der Waals surface area contributed by atoms with Gasteiger partial charge in [-0.3, -0.25) is 14.4 Å². The largest absolute Gasteiger partial charge is 0.394 e. The van der Waals surface area contributed by atoms with Crippen LogP contribution in [0.5, 0.6) is 0 Å². The molecule has 3 heterocycles. The average molecular weight is 573 g/mol. The molecule has 3 saturated heterocycles. The second-order valence-electron chi connectivity index (χ2n) is 9.85. The maximum Gasteiger partial charge on any atom is 0.244 e. The number of carbonyl (C=O) groups excluding carboxylic acids is 3. The fourth-order valence-corrected chi connectivity index (χ4v) is 9.61. The third-order valence-electron chi connectivity index (χ3n) is 7.64. The lowest BCUT2D eigenvalue weighted by Crippen LogP contribution is -2.56. The van der Waals surface area contributed by atoms with E-state index in [1.54, 1.807) is 18.7 Å². The fraction of sp³-hybridized carbons (Fsp3) is 0.444. The van der Waals surface area contributed by atoms with Crippen LogP contribution in [0.1, 0.15) is 24.5 Å². The second kappa shape index (κ2) is 10.2. The normalized spacial score (nSPS) is 31.2. The van der Waals surface area contributed by atoms with Crippen molar-refractivity contribution in [2.45, 2.75) is 53.3 Å². The molecule has 7 atom stereocenters. The Morgan fingerprint density at radius 1 is 1.06 bits per heavy atom. The van der Waals surface area contributed by atoms with Gasteiger partial charge >= 0.3 is 0 Å². The summed E-state index contributed by atoms with van der Waals surface area (Å²) in [6.45, 7) is 2.22. The Bertz CT molecular complexity index is 1140. The highest BCUT2D eigenvalue weighted by Gasteiger charge is 2.75. The standard InChI is InChI=1S/C27H30BrN3O4S/c1-16(15-32)31-23(25(34)30-14-18-10-6-3-7-11-18)27-12-19(28)22(36-27)20(21(27)26(31)35)24(33)29-13-17-8-4-2-5-9-17/h2-11,16,19-23,32H,12-15H2,1H3,(H,29,33)(H,30,34)/t16-,19?,20-,21+,22-,23?,27?/m1/s1. The molecule has 2 bridgehead atoms. The molecule has 5 rings (SSSR count). The summed E-state index contributed by atoms with van der Waals surface area (Å²) in [4.78, 5) is 42.6. The number of likely N-dealkylation sites (tertiary alicyclic amines) is 1. The molecule has 1 spiro atoms. The summed E-state index contributed by atoms with van der Waals surface area (Å²) in [7, 11) is 0. The number of rotatable bonds is 8. The minimum absolute atomic E-state index is 0.00725. The van der Waals surface area contributed by atoms with Crippen LogP contribution >= 0.6 is 27.7 Å². The number of nitrogens with zero attached hydrogens (tertiary/aromatic N) is 1. The number of halogens is 1. The van der Waals surface area contributed by atoms with Crippen molar-refractivity contribution in [3.8, 4) is 0 Å². The van der Waals surface area contributed by atoms with Gasteiger partial charge in [-0.1, -0.05) is 76.6 Å². The van der Waals surface area contributed by atoms with Crippen LogP contribution in [0.25, 0.3) is 0 Å². The van der Waals surface area contributed by atoms with Crippen molar-refractivity contribution >= 4 is 45.4 Å². The minimum atomic E-state index is -0.761. The van der Waals surface area contributed by atoms with Crippen LogP contribution < -0.4 is 10.6 Å². The molecule has 2 aromatic carbocycles. The monoisotopic (exact) mass is 571 g/mol. The van der Waals surface area contributed by atoms with Gasteiger partial charge in [0.25, 0.3) is 0 Å². The van der Waals surface area contributed by atoms with E-state index in [9.17, 15) is 19.5 Å². The number of benzene rings is 2. The number of nitrogens with one attached hydrogen (secondary N) is 2. The summed E-state index contributed by atoms with van der Waals surface area (Å²) >= 11 is 5.36. The number of fused-ring (bicyclic) bond motifs is 1. The summed E-state index contributed by atoms with van der Waals surface area (Å²) < 4.78 is -0.727. The van der Waals surface area contributed by atoms with Crippen LogP contribution in [-0.2, 0) is 27.5 Å². The van der Waals surface area contributed by atoms with Gasteiger partial charge in [-0.2, -0.15) is 0 Å². The third kappa shape index (κ3) is 4.25. The molecule has 3 fully saturated rings. The van der Waals surface area contributed by atoms with E-state index in [0.29, 0.717) is 19.5 Å². The van der Waals surface area contributed by atoms with E-state index in [4.69, 9.17) is 0 Å². The Morgan fingerprint density at radius 2 is 1.61 bits per heavy atom. The molecule has 3 aliphatic heterocycles. The van der Waals surface area contributed by atoms with Gasteiger partial charge in [0, 0.05) is 23.2 Å². The Kier molecular flexibility index (Phi) is 7.16. The summed E-state index contributed by atoms with van der Waals surface area (Å²) in [6, 6.07) is 18.0. The number of carbonyl (C=O) groups is 3. The highest BCUT2D eigenvalue weighted by atomic mass is 79.9. The van der Waals surface area contributed by atoms with Crippen LogP contribution in [0.3, 0.4) is 0 Å². The quantitative estimate of drug-likeness (QED) is 0.423. The Balaban J connectivity index is 1.42. The molecule has 190 valence electrons. The van der Waals surface area contributed by atoms with E-state index in [1.165, 1.54) is 4.90 Å². The zero-order chi connectivity index (χ0) is 25.4. The Hall–Kier alpha value is -2.36. The lowest BCUT2D eigenvalue weighted by atomic mass is 9.70.